The highest BCUT2D eigenvalue weighted by Crippen LogP contribution is 2.41. The maximum atomic E-state index is 13.7. The van der Waals surface area contributed by atoms with Crippen LogP contribution in [0.1, 0.15) is 54.6 Å². The van der Waals surface area contributed by atoms with Gasteiger partial charge in [-0.25, -0.2) is 0 Å². The molecule has 1 unspecified atom stereocenters. The van der Waals surface area contributed by atoms with Gasteiger partial charge < -0.3 is 15.0 Å². The molecule has 1 amide bonds. The van der Waals surface area contributed by atoms with E-state index >= 15 is 0 Å². The monoisotopic (exact) mass is 414 g/mol. The summed E-state index contributed by atoms with van der Waals surface area (Å²) >= 11 is 0. The third-order valence-electron chi connectivity index (χ3n) is 6.00. The number of unbranched alkanes of at least 4 members (excludes halogenated alkanes) is 1. The van der Waals surface area contributed by atoms with E-state index in [4.69, 9.17) is 4.74 Å². The quantitative estimate of drug-likeness (QED) is 0.447. The number of nitrogens with one attached hydrogen (secondary N) is 1. The average molecular weight is 415 g/mol. The van der Waals surface area contributed by atoms with Crippen LogP contribution in [0.4, 0.5) is 5.69 Å². The normalized spacial score (nSPS) is 17.7. The van der Waals surface area contributed by atoms with E-state index in [1.807, 2.05) is 59.5 Å². The summed E-state index contributed by atoms with van der Waals surface area (Å²) in [5, 5.41) is 3.71. The van der Waals surface area contributed by atoms with Gasteiger partial charge in [0.05, 0.1) is 12.2 Å². The van der Waals surface area contributed by atoms with Crippen molar-refractivity contribution in [3.05, 3.63) is 95.6 Å². The minimum atomic E-state index is -0.636. The molecule has 0 fully saturated rings. The number of para-hydroxylation sites is 1. The third-order valence-corrected chi connectivity index (χ3v) is 6.00. The minimum Gasteiger partial charge on any atom is -0.494 e. The van der Waals surface area contributed by atoms with Crippen LogP contribution in [0.25, 0.3) is 0 Å². The van der Waals surface area contributed by atoms with Gasteiger partial charge in [-0.2, -0.15) is 0 Å². The summed E-state index contributed by atoms with van der Waals surface area (Å²) in [7, 11) is 0. The maximum Gasteiger partial charge on any atom is 0.258 e. The fraction of sp³-hybridized carbons (Fsp3) is 0.296. The highest BCUT2D eigenvalue weighted by molar-refractivity contribution is 6.02. The molecule has 4 rings (SSSR count). The molecule has 1 atom stereocenters. The van der Waals surface area contributed by atoms with E-state index in [2.05, 4.69) is 43.4 Å². The molecule has 160 valence electrons. The predicted octanol–water partition coefficient (Wildman–Crippen LogP) is 6.20. The molecule has 3 aromatic rings. The molecule has 0 spiro atoms. The van der Waals surface area contributed by atoms with Crippen LogP contribution in [0.15, 0.2) is 78.9 Å². The van der Waals surface area contributed by atoms with Gasteiger partial charge in [-0.1, -0.05) is 74.9 Å². The number of amides is 1. The molecule has 1 aliphatic heterocycles. The molecular weight excluding hydrogens is 384 g/mol. The first kappa shape index (κ1) is 21.0. The molecule has 0 radical (unpaired) electrons. The Balaban J connectivity index is 1.73. The molecule has 4 heteroatoms. The predicted molar refractivity (Wildman–Crippen MR) is 125 cm³/mol. The van der Waals surface area contributed by atoms with Gasteiger partial charge in [0, 0.05) is 12.2 Å². The van der Waals surface area contributed by atoms with Gasteiger partial charge in [-0.15, -0.1) is 0 Å². The summed E-state index contributed by atoms with van der Waals surface area (Å²) in [5.41, 5.74) is 3.11. The summed E-state index contributed by atoms with van der Waals surface area (Å²) in [6, 6.07) is 26.1. The minimum absolute atomic E-state index is 0.0447. The molecule has 31 heavy (non-hydrogen) atoms. The second-order valence-corrected chi connectivity index (χ2v) is 7.99. The van der Waals surface area contributed by atoms with Crippen molar-refractivity contribution in [2.75, 3.05) is 11.9 Å². The number of hydrogen-bond acceptors (Lipinski definition) is 3. The molecule has 1 heterocycles. The van der Waals surface area contributed by atoms with Gasteiger partial charge in [0.25, 0.3) is 5.91 Å². The highest BCUT2D eigenvalue weighted by atomic mass is 16.5. The van der Waals surface area contributed by atoms with Crippen LogP contribution in [0.5, 0.6) is 5.75 Å². The lowest BCUT2D eigenvalue weighted by molar-refractivity contribution is 0.0454. The molecule has 3 aromatic carbocycles. The number of carbonyl (C=O) groups excluding carboxylic acids is 1. The Morgan fingerprint density at radius 1 is 0.903 bits per heavy atom. The van der Waals surface area contributed by atoms with E-state index in [1.165, 1.54) is 0 Å². The van der Waals surface area contributed by atoms with E-state index in [1.54, 1.807) is 0 Å². The summed E-state index contributed by atoms with van der Waals surface area (Å²) in [6.07, 6.45) is 2.88. The first-order valence-corrected chi connectivity index (χ1v) is 11.1. The molecule has 1 N–H and O–H groups in total. The van der Waals surface area contributed by atoms with Crippen LogP contribution >= 0.6 is 0 Å². The SMILES string of the molecule is CCCCOc1ccc(C2(CC)Nc3ccccc3C(=O)N2Cc2ccccc2)cc1. The zero-order chi connectivity index (χ0) is 21.7. The highest BCUT2D eigenvalue weighted by Gasteiger charge is 2.44. The van der Waals surface area contributed by atoms with Gasteiger partial charge in [0.1, 0.15) is 11.4 Å². The van der Waals surface area contributed by atoms with Crippen molar-refractivity contribution >= 4 is 11.6 Å². The van der Waals surface area contributed by atoms with Crippen LogP contribution < -0.4 is 10.1 Å². The first-order valence-electron chi connectivity index (χ1n) is 11.1. The molecule has 4 nitrogen and oxygen atoms in total. The number of fused-ring (bicyclic) bond motifs is 1. The molecular formula is C27H30N2O2. The van der Waals surface area contributed by atoms with E-state index < -0.39 is 5.66 Å². The fourth-order valence-electron chi connectivity index (χ4n) is 4.23. The number of rotatable bonds is 8. The van der Waals surface area contributed by atoms with Crippen molar-refractivity contribution in [1.82, 2.24) is 4.90 Å². The topological polar surface area (TPSA) is 41.6 Å². The van der Waals surface area contributed by atoms with E-state index in [0.717, 1.165) is 48.4 Å². The zero-order valence-electron chi connectivity index (χ0n) is 18.3. The summed E-state index contributed by atoms with van der Waals surface area (Å²) in [6.45, 7) is 5.53. The Kier molecular flexibility index (Phi) is 6.26. The van der Waals surface area contributed by atoms with Crippen molar-refractivity contribution in [1.29, 1.82) is 0 Å². The first-order chi connectivity index (χ1) is 15.2. The number of anilines is 1. The lowest BCUT2D eigenvalue weighted by Crippen LogP contribution is -2.56. The lowest BCUT2D eigenvalue weighted by atomic mass is 9.89. The summed E-state index contributed by atoms with van der Waals surface area (Å²) < 4.78 is 5.85. The van der Waals surface area contributed by atoms with E-state index in [0.29, 0.717) is 12.1 Å². The smallest absolute Gasteiger partial charge is 0.258 e. The van der Waals surface area contributed by atoms with Gasteiger partial charge in [-0.3, -0.25) is 4.79 Å². The Morgan fingerprint density at radius 3 is 2.32 bits per heavy atom. The number of benzene rings is 3. The van der Waals surface area contributed by atoms with Crippen molar-refractivity contribution in [3.63, 3.8) is 0 Å². The standard InChI is InChI=1S/C27H30N2O2/c1-3-5-19-31-23-17-15-22(16-18-23)27(4-2)28-25-14-10-9-13-24(25)26(30)29(27)20-21-11-7-6-8-12-21/h6-18,28H,3-5,19-20H2,1-2H3. The second kappa shape index (κ2) is 9.25. The molecule has 0 saturated carbocycles. The lowest BCUT2D eigenvalue weighted by Gasteiger charge is -2.48. The molecule has 0 saturated heterocycles. The van der Waals surface area contributed by atoms with Crippen LogP contribution in [0, 0.1) is 0 Å². The number of carbonyl (C=O) groups is 1. The van der Waals surface area contributed by atoms with E-state index in [-0.39, 0.29) is 5.91 Å². The summed E-state index contributed by atoms with van der Waals surface area (Å²) in [5.74, 6) is 0.906. The van der Waals surface area contributed by atoms with Crippen LogP contribution in [-0.2, 0) is 12.2 Å². The van der Waals surface area contributed by atoms with Crippen LogP contribution in [0.3, 0.4) is 0 Å². The fourth-order valence-corrected chi connectivity index (χ4v) is 4.23. The number of nitrogens with zero attached hydrogens (tertiary/aromatic N) is 1. The van der Waals surface area contributed by atoms with Crippen molar-refractivity contribution in [2.45, 2.75) is 45.3 Å². The van der Waals surface area contributed by atoms with Gasteiger partial charge in [0.2, 0.25) is 0 Å². The third kappa shape index (κ3) is 4.15. The number of hydrogen-bond donors (Lipinski definition) is 1. The number of ether oxygens (including phenoxy) is 1. The van der Waals surface area contributed by atoms with Crippen molar-refractivity contribution in [2.24, 2.45) is 0 Å². The Morgan fingerprint density at radius 2 is 1.61 bits per heavy atom. The van der Waals surface area contributed by atoms with Gasteiger partial charge in [-0.05, 0) is 48.2 Å². The van der Waals surface area contributed by atoms with Gasteiger partial charge >= 0.3 is 0 Å². The largest absolute Gasteiger partial charge is 0.494 e. The molecule has 0 bridgehead atoms. The average Bonchev–Trinajstić information content (AvgIpc) is 2.82. The zero-order valence-corrected chi connectivity index (χ0v) is 18.3. The Bertz CT molecular complexity index is 1020. The summed E-state index contributed by atoms with van der Waals surface area (Å²) in [4.78, 5) is 15.6. The van der Waals surface area contributed by atoms with Crippen molar-refractivity contribution < 1.29 is 9.53 Å². The van der Waals surface area contributed by atoms with Crippen LogP contribution in [-0.4, -0.2) is 17.4 Å². The maximum absolute atomic E-state index is 13.7. The van der Waals surface area contributed by atoms with Crippen LogP contribution in [0.2, 0.25) is 0 Å². The second-order valence-electron chi connectivity index (χ2n) is 7.99. The van der Waals surface area contributed by atoms with Crippen molar-refractivity contribution in [3.8, 4) is 5.75 Å². The molecule has 0 aromatic heterocycles. The Labute approximate surface area is 184 Å². The Hall–Kier alpha value is -3.27. The molecule has 1 aliphatic rings. The molecule has 0 aliphatic carbocycles. The van der Waals surface area contributed by atoms with Gasteiger partial charge in [0.15, 0.2) is 0 Å². The van der Waals surface area contributed by atoms with E-state index in [9.17, 15) is 4.79 Å².